The Morgan fingerprint density at radius 1 is 0.449 bits per heavy atom. The molecule has 0 aliphatic carbocycles. The summed E-state index contributed by atoms with van der Waals surface area (Å²) in [6, 6.07) is 54.7. The summed E-state index contributed by atoms with van der Waals surface area (Å²) in [5.41, 5.74) is 17.0. The van der Waals surface area contributed by atoms with Crippen LogP contribution in [0.3, 0.4) is 0 Å². The summed E-state index contributed by atoms with van der Waals surface area (Å²) in [4.78, 5) is 10.7. The summed E-state index contributed by atoms with van der Waals surface area (Å²) in [6.45, 7) is 24.4. The maximum absolute atomic E-state index is 12.7. The van der Waals surface area contributed by atoms with Crippen LogP contribution in [0, 0.1) is 6.85 Å². The molecule has 2 heterocycles. The summed E-state index contributed by atoms with van der Waals surface area (Å²) >= 11 is 0. The second kappa shape index (κ2) is 17.5. The number of nitrogens with zero attached hydrogens (tertiary/aromatic N) is 3. The zero-order valence-electron chi connectivity index (χ0n) is 45.4. The molecule has 0 fully saturated rings. The SMILES string of the molecule is [2H]C([2H])([2H])c1ccc(-c2ccnc(-c3cc(-c4ccccc4)cc(-c4cccc5c4nc(-c4cc(C(C)(C)C)cc(C(C)(C)C)c4O)n5-c4cc(C(C)(C)C)ccc4-c4ccc(C(C)(C)C)cc4)c3)c2)cc1. The first-order valence-corrected chi connectivity index (χ1v) is 24.2. The summed E-state index contributed by atoms with van der Waals surface area (Å²) in [6.07, 6.45) is 1.82. The molecule has 0 saturated heterocycles. The third-order valence-electron chi connectivity index (χ3n) is 13.5. The van der Waals surface area contributed by atoms with Gasteiger partial charge in [-0.1, -0.05) is 198 Å². The minimum absolute atomic E-state index is 0.00625. The lowest BCUT2D eigenvalue weighted by molar-refractivity contribution is 0.446. The zero-order chi connectivity index (χ0) is 51.7. The van der Waals surface area contributed by atoms with Gasteiger partial charge in [0.2, 0.25) is 0 Å². The van der Waals surface area contributed by atoms with Gasteiger partial charge in [0.25, 0.3) is 0 Å². The first-order chi connectivity index (χ1) is 33.8. The molecule has 9 rings (SSSR count). The average Bonchev–Trinajstić information content (AvgIpc) is 3.72. The van der Waals surface area contributed by atoms with Crippen molar-refractivity contribution in [3.63, 3.8) is 0 Å². The number of aromatic hydroxyl groups is 1. The van der Waals surface area contributed by atoms with Crippen LogP contribution in [0.4, 0.5) is 0 Å². The van der Waals surface area contributed by atoms with E-state index in [9.17, 15) is 5.11 Å². The molecule has 0 amide bonds. The van der Waals surface area contributed by atoms with Crippen molar-refractivity contribution < 1.29 is 9.22 Å². The van der Waals surface area contributed by atoms with Crippen molar-refractivity contribution in [3.8, 4) is 78.6 Å². The summed E-state index contributed by atoms with van der Waals surface area (Å²) in [5, 5.41) is 12.7. The number of para-hydroxylation sites is 1. The smallest absolute Gasteiger partial charge is 0.149 e. The van der Waals surface area contributed by atoms with Crippen molar-refractivity contribution in [1.29, 1.82) is 0 Å². The second-order valence-electron chi connectivity index (χ2n) is 22.8. The van der Waals surface area contributed by atoms with Gasteiger partial charge >= 0.3 is 0 Å². The van der Waals surface area contributed by atoms with Crippen LogP contribution in [0.2, 0.25) is 0 Å². The molecule has 4 heteroatoms. The quantitative estimate of drug-likeness (QED) is 0.173. The van der Waals surface area contributed by atoms with E-state index in [0.717, 1.165) is 83.6 Å². The number of phenolic OH excluding ortho intramolecular Hbond substituents is 1. The second-order valence-corrected chi connectivity index (χ2v) is 22.8. The van der Waals surface area contributed by atoms with E-state index in [1.807, 2.05) is 30.5 Å². The largest absolute Gasteiger partial charge is 0.507 e. The van der Waals surface area contributed by atoms with Crippen LogP contribution in [0.1, 0.15) is 115 Å². The number of benzene rings is 7. The number of pyridine rings is 1. The highest BCUT2D eigenvalue weighted by Gasteiger charge is 2.30. The first-order valence-electron chi connectivity index (χ1n) is 25.7. The highest BCUT2D eigenvalue weighted by atomic mass is 16.3. The lowest BCUT2D eigenvalue weighted by Gasteiger charge is -2.28. The minimum atomic E-state index is -2.18. The van der Waals surface area contributed by atoms with Gasteiger partial charge in [0.15, 0.2) is 0 Å². The van der Waals surface area contributed by atoms with Gasteiger partial charge in [0, 0.05) is 32.6 Å². The number of phenols is 1. The lowest BCUT2D eigenvalue weighted by Crippen LogP contribution is -2.17. The first kappa shape index (κ1) is 43.3. The molecule has 0 unspecified atom stereocenters. The predicted octanol–water partition coefficient (Wildman–Crippen LogP) is 17.6. The number of hydrogen-bond acceptors (Lipinski definition) is 3. The van der Waals surface area contributed by atoms with Crippen LogP contribution in [-0.4, -0.2) is 19.6 Å². The van der Waals surface area contributed by atoms with E-state index in [0.29, 0.717) is 17.0 Å². The number of imidazole rings is 1. The Labute approximate surface area is 415 Å². The van der Waals surface area contributed by atoms with Crippen molar-refractivity contribution >= 4 is 11.0 Å². The van der Waals surface area contributed by atoms with Crippen molar-refractivity contribution in [3.05, 3.63) is 192 Å². The van der Waals surface area contributed by atoms with Crippen LogP contribution in [0.15, 0.2) is 164 Å². The highest BCUT2D eigenvalue weighted by Crippen LogP contribution is 2.46. The molecule has 1 N–H and O–H groups in total. The molecule has 0 atom stereocenters. The molecule has 4 nitrogen and oxygen atoms in total. The van der Waals surface area contributed by atoms with Crippen LogP contribution < -0.4 is 0 Å². The Bertz CT molecular complexity index is 3460. The van der Waals surface area contributed by atoms with Gasteiger partial charge in [-0.25, -0.2) is 4.98 Å². The Morgan fingerprint density at radius 3 is 1.72 bits per heavy atom. The molecule has 2 aromatic heterocycles. The van der Waals surface area contributed by atoms with Crippen molar-refractivity contribution in [2.24, 2.45) is 0 Å². The third-order valence-corrected chi connectivity index (χ3v) is 13.5. The van der Waals surface area contributed by atoms with Gasteiger partial charge in [0.1, 0.15) is 11.6 Å². The molecule has 348 valence electrons. The minimum Gasteiger partial charge on any atom is -0.507 e. The predicted molar refractivity (Wildman–Crippen MR) is 293 cm³/mol. The Kier molecular flexibility index (Phi) is 11.0. The molecular formula is C65H67N3O. The number of rotatable bonds is 7. The van der Waals surface area contributed by atoms with Gasteiger partial charge in [-0.15, -0.1) is 0 Å². The van der Waals surface area contributed by atoms with E-state index in [1.165, 1.54) is 11.1 Å². The molecule has 0 aliphatic heterocycles. The standard InChI is InChI=1S/C65H67N3O/c1-41-22-24-43(25-23-41)45-32-33-66-56(37-45)48-35-46(42-18-15-14-16-19-42)34-47(36-48)53-20-17-21-57-59(53)67-61(54-38-51(64(8,9)10)39-55(60(54)69)65(11,12)13)68(57)58-40-50(63(5,6)7)30-31-52(58)44-26-28-49(29-27-44)62(2,3)4/h14-40,69H,1-13H3/i1D3. The van der Waals surface area contributed by atoms with E-state index in [4.69, 9.17) is 14.1 Å². The maximum atomic E-state index is 12.7. The van der Waals surface area contributed by atoms with Crippen LogP contribution in [0.25, 0.3) is 83.9 Å². The molecule has 0 aliphatic rings. The lowest BCUT2D eigenvalue weighted by atomic mass is 9.79. The fourth-order valence-corrected chi connectivity index (χ4v) is 9.30. The van der Waals surface area contributed by atoms with Gasteiger partial charge in [-0.05, 0) is 127 Å². The van der Waals surface area contributed by atoms with Gasteiger partial charge in [-0.3, -0.25) is 9.55 Å². The van der Waals surface area contributed by atoms with Gasteiger partial charge < -0.3 is 5.11 Å². The van der Waals surface area contributed by atoms with Crippen molar-refractivity contribution in [2.45, 2.75) is 112 Å². The van der Waals surface area contributed by atoms with Crippen LogP contribution in [0.5, 0.6) is 5.75 Å². The zero-order valence-corrected chi connectivity index (χ0v) is 42.4. The van der Waals surface area contributed by atoms with E-state index < -0.39 is 6.85 Å². The molecular weight excluding hydrogens is 839 g/mol. The summed E-state index contributed by atoms with van der Waals surface area (Å²) in [5.74, 6) is 0.882. The van der Waals surface area contributed by atoms with Crippen molar-refractivity contribution in [2.75, 3.05) is 0 Å². The number of aromatic nitrogens is 3. The number of hydrogen-bond donors (Lipinski definition) is 1. The molecule has 69 heavy (non-hydrogen) atoms. The highest BCUT2D eigenvalue weighted by molar-refractivity contribution is 5.98. The Hall–Kier alpha value is -7.04. The molecule has 9 aromatic rings. The van der Waals surface area contributed by atoms with Crippen LogP contribution >= 0.6 is 0 Å². The van der Waals surface area contributed by atoms with E-state index >= 15 is 0 Å². The topological polar surface area (TPSA) is 50.9 Å². The number of aryl methyl sites for hydroxylation is 1. The van der Waals surface area contributed by atoms with E-state index in [-0.39, 0.29) is 27.4 Å². The van der Waals surface area contributed by atoms with Gasteiger partial charge in [0.05, 0.1) is 28.0 Å². The van der Waals surface area contributed by atoms with Crippen molar-refractivity contribution in [1.82, 2.24) is 14.5 Å². The van der Waals surface area contributed by atoms with Crippen LogP contribution in [-0.2, 0) is 21.7 Å². The third kappa shape index (κ3) is 9.42. The molecule has 0 saturated carbocycles. The van der Waals surface area contributed by atoms with E-state index in [1.54, 1.807) is 12.1 Å². The Morgan fingerprint density at radius 2 is 1.07 bits per heavy atom. The maximum Gasteiger partial charge on any atom is 0.149 e. The van der Waals surface area contributed by atoms with E-state index in [2.05, 4.69) is 209 Å². The molecule has 0 radical (unpaired) electrons. The molecule has 7 aromatic carbocycles. The number of fused-ring (bicyclic) bond motifs is 1. The molecule has 0 spiro atoms. The fourth-order valence-electron chi connectivity index (χ4n) is 9.30. The summed E-state index contributed by atoms with van der Waals surface area (Å²) < 4.78 is 26.0. The average molecular weight is 909 g/mol. The summed E-state index contributed by atoms with van der Waals surface area (Å²) in [7, 11) is 0. The fraction of sp³-hybridized carbons (Fsp3) is 0.262. The monoisotopic (exact) mass is 909 g/mol. The normalized spacial score (nSPS) is 13.3. The molecule has 0 bridgehead atoms. The van der Waals surface area contributed by atoms with Gasteiger partial charge in [-0.2, -0.15) is 0 Å². The Balaban J connectivity index is 1.35.